The van der Waals surface area contributed by atoms with Gasteiger partial charge in [0.2, 0.25) is 5.91 Å². The van der Waals surface area contributed by atoms with Gasteiger partial charge in [-0.1, -0.05) is 6.92 Å². The molecule has 1 aromatic heterocycles. The fraction of sp³-hybridized carbons (Fsp3) is 0.737. The first-order valence-corrected chi connectivity index (χ1v) is 9.43. The fourth-order valence-corrected chi connectivity index (χ4v) is 4.01. The molecule has 25 heavy (non-hydrogen) atoms. The summed E-state index contributed by atoms with van der Waals surface area (Å²) in [4.78, 5) is 25.4. The predicted molar refractivity (Wildman–Crippen MR) is 96.0 cm³/mol. The number of likely N-dealkylation sites (tertiary alicyclic amines) is 2. The number of amides is 1. The first kappa shape index (κ1) is 18.3. The first-order chi connectivity index (χ1) is 12.1. The van der Waals surface area contributed by atoms with E-state index in [0.717, 1.165) is 64.2 Å². The number of carbonyl (C=O) groups excluding carboxylic acids is 1. The highest BCUT2D eigenvalue weighted by atomic mass is 16.5. The number of aryl methyl sites for hydroxylation is 1. The van der Waals surface area contributed by atoms with Gasteiger partial charge in [-0.25, -0.2) is 9.97 Å². The zero-order valence-electron chi connectivity index (χ0n) is 15.5. The van der Waals surface area contributed by atoms with E-state index in [0.29, 0.717) is 24.3 Å². The number of nitrogens with zero attached hydrogens (tertiary/aromatic N) is 4. The molecule has 0 aliphatic carbocycles. The minimum absolute atomic E-state index is 0.290. The third-order valence-electron chi connectivity index (χ3n) is 5.71. The quantitative estimate of drug-likeness (QED) is 0.787. The van der Waals surface area contributed by atoms with Crippen molar-refractivity contribution in [3.63, 3.8) is 0 Å². The average Bonchev–Trinajstić information content (AvgIpc) is 2.65. The Kier molecular flexibility index (Phi) is 6.02. The van der Waals surface area contributed by atoms with Crippen LogP contribution in [0, 0.1) is 5.41 Å². The number of aromatic nitrogens is 2. The summed E-state index contributed by atoms with van der Waals surface area (Å²) in [5.41, 5.74) is 1.49. The van der Waals surface area contributed by atoms with Gasteiger partial charge < -0.3 is 9.64 Å². The van der Waals surface area contributed by atoms with Crippen LogP contribution in [0.5, 0.6) is 0 Å². The van der Waals surface area contributed by atoms with E-state index in [-0.39, 0.29) is 0 Å². The van der Waals surface area contributed by atoms with Crippen LogP contribution in [0.3, 0.4) is 0 Å². The van der Waals surface area contributed by atoms with Crippen molar-refractivity contribution in [1.82, 2.24) is 19.8 Å². The molecular formula is C19H30N4O2. The molecule has 0 atom stereocenters. The van der Waals surface area contributed by atoms with Crippen molar-refractivity contribution in [3.8, 4) is 0 Å². The monoisotopic (exact) mass is 346 g/mol. The van der Waals surface area contributed by atoms with Crippen molar-refractivity contribution in [2.75, 3.05) is 39.9 Å². The van der Waals surface area contributed by atoms with Crippen molar-refractivity contribution < 1.29 is 9.53 Å². The van der Waals surface area contributed by atoms with E-state index < -0.39 is 0 Å². The van der Waals surface area contributed by atoms with Gasteiger partial charge in [-0.05, 0) is 37.8 Å². The molecule has 3 rings (SSSR count). The molecule has 6 nitrogen and oxygen atoms in total. The molecule has 1 aromatic rings. The van der Waals surface area contributed by atoms with Gasteiger partial charge in [0.1, 0.15) is 5.82 Å². The molecule has 0 bridgehead atoms. The fourth-order valence-electron chi connectivity index (χ4n) is 4.01. The van der Waals surface area contributed by atoms with Gasteiger partial charge in [0.15, 0.2) is 0 Å². The third kappa shape index (κ3) is 4.55. The lowest BCUT2D eigenvalue weighted by Crippen LogP contribution is -2.52. The van der Waals surface area contributed by atoms with Gasteiger partial charge in [0.25, 0.3) is 0 Å². The number of carbonyl (C=O) groups is 1. The standard InChI is InChI=1S/C19H30N4O2/c1-3-17-20-12-16(13-21-17)14-22-8-6-19(7-9-22)5-4-18(24)23(15-19)10-11-25-2/h12-13H,3-11,14-15H2,1-2H3. The summed E-state index contributed by atoms with van der Waals surface area (Å²) < 4.78 is 5.15. The van der Waals surface area contributed by atoms with Crippen LogP contribution in [0.2, 0.25) is 0 Å². The number of hydrogen-bond donors (Lipinski definition) is 0. The minimum Gasteiger partial charge on any atom is -0.383 e. The van der Waals surface area contributed by atoms with Gasteiger partial charge >= 0.3 is 0 Å². The van der Waals surface area contributed by atoms with Gasteiger partial charge in [0.05, 0.1) is 6.61 Å². The van der Waals surface area contributed by atoms with Crippen LogP contribution in [0.4, 0.5) is 0 Å². The SMILES string of the molecule is CCc1ncc(CN2CCC3(CCC(=O)N(CCOC)C3)CC2)cn1. The molecular weight excluding hydrogens is 316 g/mol. The minimum atomic E-state index is 0.290. The summed E-state index contributed by atoms with van der Waals surface area (Å²) in [6, 6.07) is 0. The molecule has 2 aliphatic rings. The Morgan fingerprint density at radius 3 is 2.56 bits per heavy atom. The second-order valence-electron chi connectivity index (χ2n) is 7.45. The van der Waals surface area contributed by atoms with E-state index >= 15 is 0 Å². The van der Waals surface area contributed by atoms with Crippen molar-refractivity contribution >= 4 is 5.91 Å². The summed E-state index contributed by atoms with van der Waals surface area (Å²) in [5.74, 6) is 1.20. The lowest BCUT2D eigenvalue weighted by atomic mass is 9.72. The molecule has 0 radical (unpaired) electrons. The highest BCUT2D eigenvalue weighted by Gasteiger charge is 2.40. The average molecular weight is 346 g/mol. The van der Waals surface area contributed by atoms with Crippen LogP contribution in [-0.2, 0) is 22.5 Å². The molecule has 0 N–H and O–H groups in total. The molecule has 2 fully saturated rings. The number of ether oxygens (including phenoxy) is 1. The third-order valence-corrected chi connectivity index (χ3v) is 5.71. The van der Waals surface area contributed by atoms with Crippen molar-refractivity contribution in [2.45, 2.75) is 45.6 Å². The number of piperidine rings is 2. The van der Waals surface area contributed by atoms with Gasteiger partial charge in [0, 0.05) is 57.5 Å². The Morgan fingerprint density at radius 2 is 1.92 bits per heavy atom. The lowest BCUT2D eigenvalue weighted by molar-refractivity contribution is -0.139. The van der Waals surface area contributed by atoms with E-state index in [1.54, 1.807) is 7.11 Å². The summed E-state index contributed by atoms with van der Waals surface area (Å²) in [6.07, 6.45) is 8.86. The number of hydrogen-bond acceptors (Lipinski definition) is 5. The van der Waals surface area contributed by atoms with E-state index in [1.165, 1.54) is 5.56 Å². The maximum atomic E-state index is 12.1. The highest BCUT2D eigenvalue weighted by molar-refractivity contribution is 5.77. The maximum absolute atomic E-state index is 12.1. The summed E-state index contributed by atoms with van der Waals surface area (Å²) in [6.45, 7) is 7.42. The van der Waals surface area contributed by atoms with Crippen LogP contribution in [0.25, 0.3) is 0 Å². The Balaban J connectivity index is 1.52. The Labute approximate surface area is 150 Å². The molecule has 0 unspecified atom stereocenters. The number of rotatable bonds is 6. The second-order valence-corrected chi connectivity index (χ2v) is 7.45. The zero-order chi connectivity index (χ0) is 17.7. The molecule has 6 heteroatoms. The van der Waals surface area contributed by atoms with Gasteiger partial charge in [-0.15, -0.1) is 0 Å². The van der Waals surface area contributed by atoms with E-state index in [1.807, 2.05) is 17.3 Å². The molecule has 2 saturated heterocycles. The van der Waals surface area contributed by atoms with Crippen LogP contribution >= 0.6 is 0 Å². The lowest BCUT2D eigenvalue weighted by Gasteiger charge is -2.47. The normalized spacial score (nSPS) is 21.0. The molecule has 138 valence electrons. The first-order valence-electron chi connectivity index (χ1n) is 9.43. The van der Waals surface area contributed by atoms with Crippen molar-refractivity contribution in [1.29, 1.82) is 0 Å². The Morgan fingerprint density at radius 1 is 1.20 bits per heavy atom. The Hall–Kier alpha value is -1.53. The van der Waals surface area contributed by atoms with Gasteiger partial charge in [-0.2, -0.15) is 0 Å². The Bertz CT molecular complexity index is 567. The zero-order valence-corrected chi connectivity index (χ0v) is 15.5. The smallest absolute Gasteiger partial charge is 0.222 e. The predicted octanol–water partition coefficient (Wildman–Crippen LogP) is 1.89. The molecule has 1 spiro atoms. The van der Waals surface area contributed by atoms with E-state index in [9.17, 15) is 4.79 Å². The molecule has 0 aromatic carbocycles. The van der Waals surface area contributed by atoms with Crippen LogP contribution in [0.15, 0.2) is 12.4 Å². The maximum Gasteiger partial charge on any atom is 0.222 e. The van der Waals surface area contributed by atoms with Crippen LogP contribution in [-0.4, -0.2) is 65.6 Å². The molecule has 0 saturated carbocycles. The van der Waals surface area contributed by atoms with E-state index in [4.69, 9.17) is 4.74 Å². The van der Waals surface area contributed by atoms with Crippen molar-refractivity contribution in [2.24, 2.45) is 5.41 Å². The largest absolute Gasteiger partial charge is 0.383 e. The van der Waals surface area contributed by atoms with Crippen molar-refractivity contribution in [3.05, 3.63) is 23.8 Å². The van der Waals surface area contributed by atoms with Crippen LogP contribution in [0.1, 0.15) is 44.0 Å². The summed E-state index contributed by atoms with van der Waals surface area (Å²) in [5, 5.41) is 0. The molecule has 2 aliphatic heterocycles. The molecule has 1 amide bonds. The van der Waals surface area contributed by atoms with Crippen LogP contribution < -0.4 is 0 Å². The summed E-state index contributed by atoms with van der Waals surface area (Å²) >= 11 is 0. The second kappa shape index (κ2) is 8.23. The summed E-state index contributed by atoms with van der Waals surface area (Å²) in [7, 11) is 1.69. The number of methoxy groups -OCH3 is 1. The molecule has 3 heterocycles. The highest BCUT2D eigenvalue weighted by Crippen LogP contribution is 2.40. The van der Waals surface area contributed by atoms with Gasteiger partial charge in [-0.3, -0.25) is 9.69 Å². The topological polar surface area (TPSA) is 58.6 Å². The van der Waals surface area contributed by atoms with E-state index in [2.05, 4.69) is 21.8 Å².